The summed E-state index contributed by atoms with van der Waals surface area (Å²) in [6.07, 6.45) is 1.93. The van der Waals surface area contributed by atoms with E-state index in [2.05, 4.69) is 25.8 Å². The van der Waals surface area contributed by atoms with Crippen molar-refractivity contribution in [1.82, 2.24) is 9.88 Å². The zero-order valence-electron chi connectivity index (χ0n) is 7.20. The first-order valence-corrected chi connectivity index (χ1v) is 5.86. The van der Waals surface area contributed by atoms with E-state index in [1.54, 1.807) is 11.3 Å². The average Bonchev–Trinajstić information content (AvgIpc) is 2.53. The maximum absolute atomic E-state index is 5.28. The maximum Gasteiger partial charge on any atom is 0.159 e. The van der Waals surface area contributed by atoms with Crippen molar-refractivity contribution in [1.29, 1.82) is 0 Å². The van der Waals surface area contributed by atoms with Crippen molar-refractivity contribution in [3.8, 4) is 0 Å². The molecule has 3 nitrogen and oxygen atoms in total. The first-order valence-electron chi connectivity index (χ1n) is 4.25. The molecule has 0 radical (unpaired) electrons. The zero-order chi connectivity index (χ0) is 9.10. The van der Waals surface area contributed by atoms with Crippen molar-refractivity contribution in [2.75, 3.05) is 26.3 Å². The molecule has 1 aromatic rings. The molecule has 1 fully saturated rings. The lowest BCUT2D eigenvalue weighted by Gasteiger charge is -2.25. The molecular weight excluding hydrogens is 252 g/mol. The molecular formula is C8H11BrN2OS. The molecule has 13 heavy (non-hydrogen) atoms. The summed E-state index contributed by atoms with van der Waals surface area (Å²) >= 11 is 5.07. The van der Waals surface area contributed by atoms with Crippen LogP contribution in [0.4, 0.5) is 0 Å². The summed E-state index contributed by atoms with van der Waals surface area (Å²) in [5.74, 6) is 0. The third-order valence-corrected chi connectivity index (χ3v) is 3.47. The Hall–Kier alpha value is 0.0300. The predicted molar refractivity (Wildman–Crippen MR) is 55.9 cm³/mol. The monoisotopic (exact) mass is 262 g/mol. The van der Waals surface area contributed by atoms with Crippen LogP contribution in [0.1, 0.15) is 4.88 Å². The van der Waals surface area contributed by atoms with Crippen LogP contribution in [0.5, 0.6) is 0 Å². The van der Waals surface area contributed by atoms with Crippen molar-refractivity contribution >= 4 is 27.3 Å². The fourth-order valence-electron chi connectivity index (χ4n) is 1.34. The fraction of sp³-hybridized carbons (Fsp3) is 0.625. The number of rotatable bonds is 2. The smallest absolute Gasteiger partial charge is 0.159 e. The van der Waals surface area contributed by atoms with Crippen LogP contribution < -0.4 is 0 Å². The Morgan fingerprint density at radius 1 is 1.54 bits per heavy atom. The highest BCUT2D eigenvalue weighted by molar-refractivity contribution is 9.11. The van der Waals surface area contributed by atoms with Gasteiger partial charge in [-0.3, -0.25) is 4.90 Å². The number of aromatic nitrogens is 1. The van der Waals surface area contributed by atoms with Gasteiger partial charge in [0.05, 0.1) is 13.2 Å². The van der Waals surface area contributed by atoms with E-state index >= 15 is 0 Å². The summed E-state index contributed by atoms with van der Waals surface area (Å²) in [6, 6.07) is 0. The van der Waals surface area contributed by atoms with Crippen molar-refractivity contribution in [2.45, 2.75) is 6.54 Å². The van der Waals surface area contributed by atoms with Crippen molar-refractivity contribution < 1.29 is 4.74 Å². The van der Waals surface area contributed by atoms with E-state index < -0.39 is 0 Å². The summed E-state index contributed by atoms with van der Waals surface area (Å²) in [4.78, 5) is 7.87. The lowest BCUT2D eigenvalue weighted by Crippen LogP contribution is -2.35. The van der Waals surface area contributed by atoms with Crippen molar-refractivity contribution in [3.63, 3.8) is 0 Å². The summed E-state index contributed by atoms with van der Waals surface area (Å²) in [6.45, 7) is 4.80. The molecule has 2 heterocycles. The standard InChI is InChI=1S/C8H11BrN2OS/c9-8-10-5-7(13-8)6-11-1-3-12-4-2-11/h5H,1-4,6H2. The normalized spacial score (nSPS) is 19.2. The highest BCUT2D eigenvalue weighted by Gasteiger charge is 2.11. The van der Waals surface area contributed by atoms with E-state index in [4.69, 9.17) is 4.74 Å². The molecule has 0 spiro atoms. The highest BCUT2D eigenvalue weighted by atomic mass is 79.9. The number of hydrogen-bond donors (Lipinski definition) is 0. The van der Waals surface area contributed by atoms with E-state index in [9.17, 15) is 0 Å². The Bertz CT molecular complexity index is 273. The topological polar surface area (TPSA) is 25.4 Å². The number of nitrogens with zero attached hydrogens (tertiary/aromatic N) is 2. The Kier molecular flexibility index (Phi) is 3.32. The third kappa shape index (κ3) is 2.74. The van der Waals surface area contributed by atoms with Gasteiger partial charge >= 0.3 is 0 Å². The molecule has 1 aromatic heterocycles. The van der Waals surface area contributed by atoms with Gasteiger partial charge in [-0.1, -0.05) is 0 Å². The first-order chi connectivity index (χ1) is 6.34. The van der Waals surface area contributed by atoms with E-state index in [1.165, 1.54) is 4.88 Å². The quantitative estimate of drug-likeness (QED) is 0.812. The second kappa shape index (κ2) is 4.50. The van der Waals surface area contributed by atoms with Gasteiger partial charge < -0.3 is 4.74 Å². The third-order valence-electron chi connectivity index (χ3n) is 2.01. The van der Waals surface area contributed by atoms with Crippen LogP contribution in [-0.2, 0) is 11.3 Å². The van der Waals surface area contributed by atoms with Gasteiger partial charge in [0, 0.05) is 30.7 Å². The molecule has 0 aromatic carbocycles. The van der Waals surface area contributed by atoms with Gasteiger partial charge in [-0.05, 0) is 15.9 Å². The number of morpholine rings is 1. The van der Waals surface area contributed by atoms with E-state index in [-0.39, 0.29) is 0 Å². The molecule has 0 aliphatic carbocycles. The molecule has 0 bridgehead atoms. The SMILES string of the molecule is Brc1ncc(CN2CCOCC2)s1. The molecule has 1 saturated heterocycles. The molecule has 5 heteroatoms. The summed E-state index contributed by atoms with van der Waals surface area (Å²) in [7, 11) is 0. The van der Waals surface area contributed by atoms with Crippen LogP contribution in [0.25, 0.3) is 0 Å². The van der Waals surface area contributed by atoms with Gasteiger partial charge in [-0.25, -0.2) is 4.98 Å². The molecule has 0 N–H and O–H groups in total. The number of hydrogen-bond acceptors (Lipinski definition) is 4. The lowest BCUT2D eigenvalue weighted by atomic mass is 10.4. The second-order valence-electron chi connectivity index (χ2n) is 2.97. The fourth-order valence-corrected chi connectivity index (χ4v) is 2.74. The van der Waals surface area contributed by atoms with E-state index in [1.807, 2.05) is 6.20 Å². The van der Waals surface area contributed by atoms with Gasteiger partial charge in [-0.15, -0.1) is 11.3 Å². The molecule has 0 saturated carbocycles. The number of thiazole rings is 1. The predicted octanol–water partition coefficient (Wildman–Crippen LogP) is 1.74. The minimum Gasteiger partial charge on any atom is -0.379 e. The number of ether oxygens (including phenoxy) is 1. The molecule has 1 aliphatic heterocycles. The van der Waals surface area contributed by atoms with Crippen LogP contribution in [0.2, 0.25) is 0 Å². The van der Waals surface area contributed by atoms with Gasteiger partial charge in [0.25, 0.3) is 0 Å². The molecule has 1 aliphatic rings. The van der Waals surface area contributed by atoms with Gasteiger partial charge in [-0.2, -0.15) is 0 Å². The Morgan fingerprint density at radius 3 is 2.92 bits per heavy atom. The van der Waals surface area contributed by atoms with E-state index in [0.29, 0.717) is 0 Å². The van der Waals surface area contributed by atoms with Crippen molar-refractivity contribution in [3.05, 3.63) is 15.0 Å². The van der Waals surface area contributed by atoms with Gasteiger partial charge in [0.15, 0.2) is 3.92 Å². The molecule has 0 unspecified atom stereocenters. The highest BCUT2D eigenvalue weighted by Crippen LogP contribution is 2.20. The zero-order valence-corrected chi connectivity index (χ0v) is 9.60. The summed E-state index contributed by atoms with van der Waals surface area (Å²) in [5.41, 5.74) is 0. The second-order valence-corrected chi connectivity index (χ2v) is 5.36. The molecule has 0 amide bonds. The number of halogens is 1. The van der Waals surface area contributed by atoms with Crippen LogP contribution >= 0.6 is 27.3 Å². The molecule has 72 valence electrons. The Morgan fingerprint density at radius 2 is 2.31 bits per heavy atom. The largest absolute Gasteiger partial charge is 0.379 e. The van der Waals surface area contributed by atoms with Crippen LogP contribution in [0.3, 0.4) is 0 Å². The Labute approximate surface area is 89.9 Å². The average molecular weight is 263 g/mol. The first kappa shape index (κ1) is 9.58. The van der Waals surface area contributed by atoms with E-state index in [0.717, 1.165) is 36.8 Å². The van der Waals surface area contributed by atoms with Crippen LogP contribution in [0.15, 0.2) is 10.1 Å². The maximum atomic E-state index is 5.28. The Balaban J connectivity index is 1.89. The summed E-state index contributed by atoms with van der Waals surface area (Å²) in [5, 5.41) is 0. The van der Waals surface area contributed by atoms with Crippen LogP contribution in [0, 0.1) is 0 Å². The van der Waals surface area contributed by atoms with Gasteiger partial charge in [0.2, 0.25) is 0 Å². The lowest BCUT2D eigenvalue weighted by molar-refractivity contribution is 0.0346. The minimum absolute atomic E-state index is 0.861. The van der Waals surface area contributed by atoms with Gasteiger partial charge in [0.1, 0.15) is 0 Å². The summed E-state index contributed by atoms with van der Waals surface area (Å²) < 4.78 is 6.25. The van der Waals surface area contributed by atoms with Crippen molar-refractivity contribution in [2.24, 2.45) is 0 Å². The molecule has 0 atom stereocenters. The molecule has 2 rings (SSSR count). The minimum atomic E-state index is 0.861. The van der Waals surface area contributed by atoms with Crippen LogP contribution in [-0.4, -0.2) is 36.2 Å².